The average Bonchev–Trinajstić information content (AvgIpc) is 2.51. The summed E-state index contributed by atoms with van der Waals surface area (Å²) in [5.74, 6) is 0.419. The minimum atomic E-state index is 0.122. The van der Waals surface area contributed by atoms with Crippen molar-refractivity contribution >= 4 is 5.91 Å². The Bertz CT molecular complexity index is 518. The van der Waals surface area contributed by atoms with Crippen molar-refractivity contribution in [3.05, 3.63) is 35.4 Å². The van der Waals surface area contributed by atoms with Gasteiger partial charge in [-0.15, -0.1) is 0 Å². The zero-order valence-electron chi connectivity index (χ0n) is 13.1. The highest BCUT2D eigenvalue weighted by Gasteiger charge is 2.37. The van der Waals surface area contributed by atoms with Crippen LogP contribution in [-0.2, 0) is 11.2 Å². The van der Waals surface area contributed by atoms with Crippen LogP contribution in [-0.4, -0.2) is 19.0 Å². The first-order valence-electron chi connectivity index (χ1n) is 8.17. The highest BCUT2D eigenvalue weighted by atomic mass is 16.2. The van der Waals surface area contributed by atoms with Crippen LogP contribution in [0.1, 0.15) is 50.3 Å². The Labute approximate surface area is 127 Å². The number of rotatable bonds is 2. The number of aryl methyl sites for hydroxylation is 1. The van der Waals surface area contributed by atoms with Gasteiger partial charge in [0.2, 0.25) is 5.91 Å². The first-order valence-corrected chi connectivity index (χ1v) is 8.17. The summed E-state index contributed by atoms with van der Waals surface area (Å²) in [5.41, 5.74) is 2.83. The number of carbonyl (C=O) groups is 1. The fraction of sp³-hybridized carbons (Fsp3) is 0.611. The van der Waals surface area contributed by atoms with Gasteiger partial charge in [-0.2, -0.15) is 0 Å². The van der Waals surface area contributed by atoms with E-state index in [-0.39, 0.29) is 23.3 Å². The van der Waals surface area contributed by atoms with E-state index >= 15 is 0 Å². The first kappa shape index (κ1) is 14.6. The molecule has 1 unspecified atom stereocenters. The Balaban J connectivity index is 1.80. The van der Waals surface area contributed by atoms with Crippen molar-refractivity contribution in [3.63, 3.8) is 0 Å². The smallest absolute Gasteiger partial charge is 0.223 e. The molecular formula is C18H26N2O. The van der Waals surface area contributed by atoms with Crippen LogP contribution in [0.15, 0.2) is 24.3 Å². The number of hydrogen-bond acceptors (Lipinski definition) is 2. The van der Waals surface area contributed by atoms with Gasteiger partial charge in [-0.1, -0.05) is 38.1 Å². The molecule has 1 aromatic rings. The van der Waals surface area contributed by atoms with Gasteiger partial charge in [-0.25, -0.2) is 0 Å². The van der Waals surface area contributed by atoms with Gasteiger partial charge in [-0.3, -0.25) is 4.79 Å². The maximum atomic E-state index is 12.6. The molecule has 1 aliphatic heterocycles. The lowest BCUT2D eigenvalue weighted by Crippen LogP contribution is -2.45. The van der Waals surface area contributed by atoms with E-state index in [1.807, 2.05) is 0 Å². The summed E-state index contributed by atoms with van der Waals surface area (Å²) in [5, 5.41) is 6.69. The Morgan fingerprint density at radius 1 is 1.24 bits per heavy atom. The van der Waals surface area contributed by atoms with Crippen molar-refractivity contribution in [1.82, 2.24) is 10.6 Å². The second kappa shape index (κ2) is 5.80. The normalized spacial score (nSPS) is 25.1. The molecule has 114 valence electrons. The molecule has 3 heteroatoms. The Hall–Kier alpha value is -1.35. The second-order valence-electron chi connectivity index (χ2n) is 7.15. The molecule has 1 aromatic carbocycles. The molecule has 0 saturated carbocycles. The van der Waals surface area contributed by atoms with E-state index in [9.17, 15) is 4.79 Å². The highest BCUT2D eigenvalue weighted by Crippen LogP contribution is 2.43. The van der Waals surface area contributed by atoms with Crippen LogP contribution >= 0.6 is 0 Å². The van der Waals surface area contributed by atoms with E-state index in [0.717, 1.165) is 38.8 Å². The number of nitrogens with one attached hydrogen (secondary N) is 2. The van der Waals surface area contributed by atoms with Crippen LogP contribution in [0.3, 0.4) is 0 Å². The summed E-state index contributed by atoms with van der Waals surface area (Å²) in [4.78, 5) is 12.6. The molecule has 1 heterocycles. The summed E-state index contributed by atoms with van der Waals surface area (Å²) in [6.45, 7) is 6.47. The van der Waals surface area contributed by atoms with Crippen molar-refractivity contribution in [1.29, 1.82) is 0 Å². The lowest BCUT2D eigenvalue weighted by atomic mass is 9.70. The van der Waals surface area contributed by atoms with E-state index in [2.05, 4.69) is 48.7 Å². The molecule has 1 fully saturated rings. The summed E-state index contributed by atoms with van der Waals surface area (Å²) >= 11 is 0. The molecule has 1 aliphatic carbocycles. The average molecular weight is 286 g/mol. The quantitative estimate of drug-likeness (QED) is 0.878. The highest BCUT2D eigenvalue weighted by molar-refractivity contribution is 5.79. The third-order valence-corrected chi connectivity index (χ3v) is 5.18. The summed E-state index contributed by atoms with van der Waals surface area (Å²) in [7, 11) is 0. The van der Waals surface area contributed by atoms with Crippen molar-refractivity contribution in [2.45, 2.75) is 45.6 Å². The third-order valence-electron chi connectivity index (χ3n) is 5.18. The molecule has 1 amide bonds. The monoisotopic (exact) mass is 286 g/mol. The van der Waals surface area contributed by atoms with Gasteiger partial charge in [0, 0.05) is 5.92 Å². The van der Waals surface area contributed by atoms with Crippen LogP contribution < -0.4 is 10.6 Å². The minimum Gasteiger partial charge on any atom is -0.349 e. The third kappa shape index (κ3) is 2.98. The van der Waals surface area contributed by atoms with Gasteiger partial charge < -0.3 is 10.6 Å². The van der Waals surface area contributed by atoms with E-state index in [1.165, 1.54) is 11.1 Å². The number of fused-ring (bicyclic) bond motifs is 1. The number of amides is 1. The Morgan fingerprint density at radius 3 is 2.71 bits per heavy atom. The van der Waals surface area contributed by atoms with E-state index in [0.29, 0.717) is 0 Å². The van der Waals surface area contributed by atoms with Crippen molar-refractivity contribution in [2.75, 3.05) is 13.1 Å². The van der Waals surface area contributed by atoms with Gasteiger partial charge in [0.15, 0.2) is 0 Å². The molecular weight excluding hydrogens is 260 g/mol. The fourth-order valence-corrected chi connectivity index (χ4v) is 3.68. The van der Waals surface area contributed by atoms with Gasteiger partial charge in [-0.05, 0) is 55.3 Å². The molecule has 3 rings (SSSR count). The van der Waals surface area contributed by atoms with Crippen LogP contribution in [0.2, 0.25) is 0 Å². The molecule has 0 bridgehead atoms. The molecule has 2 aliphatic rings. The van der Waals surface area contributed by atoms with Gasteiger partial charge >= 0.3 is 0 Å². The summed E-state index contributed by atoms with van der Waals surface area (Å²) < 4.78 is 0. The first-order chi connectivity index (χ1) is 10.1. The molecule has 21 heavy (non-hydrogen) atoms. The zero-order chi connectivity index (χ0) is 14.9. The molecule has 1 saturated heterocycles. The van der Waals surface area contributed by atoms with Gasteiger partial charge in [0.1, 0.15) is 0 Å². The fourth-order valence-electron chi connectivity index (χ4n) is 3.68. The number of hydrogen-bond donors (Lipinski definition) is 2. The van der Waals surface area contributed by atoms with E-state index < -0.39 is 0 Å². The topological polar surface area (TPSA) is 41.1 Å². The lowest BCUT2D eigenvalue weighted by molar-refractivity contribution is -0.127. The molecule has 2 N–H and O–H groups in total. The second-order valence-corrected chi connectivity index (χ2v) is 7.15. The Kier molecular flexibility index (Phi) is 4.03. The molecule has 0 spiro atoms. The van der Waals surface area contributed by atoms with Gasteiger partial charge in [0.05, 0.1) is 6.04 Å². The van der Waals surface area contributed by atoms with Crippen LogP contribution in [0, 0.1) is 11.3 Å². The lowest BCUT2D eigenvalue weighted by Gasteiger charge is -2.41. The van der Waals surface area contributed by atoms with Crippen molar-refractivity contribution in [3.8, 4) is 0 Å². The SMILES string of the molecule is CC1(C)CCc2ccccc2C1NC(=O)C1CCNCC1. The van der Waals surface area contributed by atoms with Gasteiger partial charge in [0.25, 0.3) is 0 Å². The van der Waals surface area contributed by atoms with E-state index in [1.54, 1.807) is 0 Å². The molecule has 0 radical (unpaired) electrons. The van der Waals surface area contributed by atoms with Crippen molar-refractivity contribution < 1.29 is 4.79 Å². The van der Waals surface area contributed by atoms with Crippen LogP contribution in [0.4, 0.5) is 0 Å². The summed E-state index contributed by atoms with van der Waals surface area (Å²) in [6, 6.07) is 8.72. The maximum Gasteiger partial charge on any atom is 0.223 e. The van der Waals surface area contributed by atoms with Crippen LogP contribution in [0.25, 0.3) is 0 Å². The summed E-state index contributed by atoms with van der Waals surface area (Å²) in [6.07, 6.45) is 4.16. The zero-order valence-corrected chi connectivity index (χ0v) is 13.1. The largest absolute Gasteiger partial charge is 0.349 e. The molecule has 1 atom stereocenters. The molecule has 3 nitrogen and oxygen atoms in total. The van der Waals surface area contributed by atoms with Crippen LogP contribution in [0.5, 0.6) is 0 Å². The maximum absolute atomic E-state index is 12.6. The van der Waals surface area contributed by atoms with Crippen molar-refractivity contribution in [2.24, 2.45) is 11.3 Å². The number of carbonyl (C=O) groups excluding carboxylic acids is 1. The predicted molar refractivity (Wildman–Crippen MR) is 85.0 cm³/mol. The predicted octanol–water partition coefficient (Wildman–Crippen LogP) is 2.82. The Morgan fingerprint density at radius 2 is 1.95 bits per heavy atom. The standard InChI is InChI=1S/C18H26N2O/c1-18(2)10-7-13-5-3-4-6-15(13)16(18)20-17(21)14-8-11-19-12-9-14/h3-6,14,16,19H,7-12H2,1-2H3,(H,20,21). The molecule has 0 aromatic heterocycles. The number of benzene rings is 1. The van der Waals surface area contributed by atoms with E-state index in [4.69, 9.17) is 0 Å². The number of piperidine rings is 1. The minimum absolute atomic E-state index is 0.122.